The zero-order valence-corrected chi connectivity index (χ0v) is 9.04. The lowest BCUT2D eigenvalue weighted by atomic mass is 10.0. The molecule has 88 valence electrons. The molecule has 0 amide bonds. The summed E-state index contributed by atoms with van der Waals surface area (Å²) in [5.41, 5.74) is 6.47. The summed E-state index contributed by atoms with van der Waals surface area (Å²) >= 11 is 0. The molecule has 0 radical (unpaired) electrons. The maximum Gasteiger partial charge on any atom is 0.323 e. The van der Waals surface area contributed by atoms with E-state index in [-0.39, 0.29) is 0 Å². The molecule has 0 saturated carbocycles. The summed E-state index contributed by atoms with van der Waals surface area (Å²) < 4.78 is 0. The summed E-state index contributed by atoms with van der Waals surface area (Å²) in [4.78, 5) is 10.5. The van der Waals surface area contributed by atoms with E-state index in [1.807, 2.05) is 30.3 Å². The van der Waals surface area contributed by atoms with Crippen molar-refractivity contribution in [1.29, 1.82) is 0 Å². The largest absolute Gasteiger partial charge is 0.480 e. The number of aliphatic carboxylic acids is 1. The molecule has 0 aliphatic heterocycles. The SMILES string of the molecule is NC(C(=O)O)C(O)CCCc1ccccc1. The van der Waals surface area contributed by atoms with Crippen LogP contribution in [0.5, 0.6) is 0 Å². The first kappa shape index (κ1) is 12.7. The molecule has 2 unspecified atom stereocenters. The number of aliphatic hydroxyl groups is 1. The van der Waals surface area contributed by atoms with Crippen molar-refractivity contribution in [1.82, 2.24) is 0 Å². The molecule has 1 aromatic carbocycles. The van der Waals surface area contributed by atoms with Crippen LogP contribution in [0.3, 0.4) is 0 Å². The Labute approximate surface area is 94.7 Å². The van der Waals surface area contributed by atoms with E-state index < -0.39 is 18.1 Å². The summed E-state index contributed by atoms with van der Waals surface area (Å²) in [6, 6.07) is 8.67. The van der Waals surface area contributed by atoms with Crippen molar-refractivity contribution < 1.29 is 15.0 Å². The number of rotatable bonds is 6. The van der Waals surface area contributed by atoms with Crippen LogP contribution in [0.1, 0.15) is 18.4 Å². The van der Waals surface area contributed by atoms with Gasteiger partial charge in [0.1, 0.15) is 6.04 Å². The van der Waals surface area contributed by atoms with E-state index in [1.54, 1.807) is 0 Å². The molecule has 1 aromatic rings. The third kappa shape index (κ3) is 4.00. The number of nitrogens with two attached hydrogens (primary N) is 1. The van der Waals surface area contributed by atoms with Crippen molar-refractivity contribution in [3.8, 4) is 0 Å². The molecule has 0 fully saturated rings. The molecule has 2 atom stereocenters. The summed E-state index contributed by atoms with van der Waals surface area (Å²) in [6.45, 7) is 0. The minimum atomic E-state index is -1.18. The van der Waals surface area contributed by atoms with E-state index in [0.29, 0.717) is 6.42 Å². The van der Waals surface area contributed by atoms with Crippen LogP contribution in [0.15, 0.2) is 30.3 Å². The van der Waals surface area contributed by atoms with Gasteiger partial charge in [-0.25, -0.2) is 0 Å². The second-order valence-electron chi connectivity index (χ2n) is 3.81. The number of benzene rings is 1. The highest BCUT2D eigenvalue weighted by Gasteiger charge is 2.20. The van der Waals surface area contributed by atoms with E-state index in [1.165, 1.54) is 5.56 Å². The third-order valence-electron chi connectivity index (χ3n) is 2.51. The molecule has 16 heavy (non-hydrogen) atoms. The van der Waals surface area contributed by atoms with Gasteiger partial charge < -0.3 is 15.9 Å². The van der Waals surface area contributed by atoms with Gasteiger partial charge in [-0.1, -0.05) is 30.3 Å². The average Bonchev–Trinajstić information content (AvgIpc) is 2.29. The number of aryl methyl sites for hydroxylation is 1. The van der Waals surface area contributed by atoms with Gasteiger partial charge in [0, 0.05) is 0 Å². The number of carboxylic acids is 1. The summed E-state index contributed by atoms with van der Waals surface area (Å²) in [6.07, 6.45) is 0.986. The first-order valence-electron chi connectivity index (χ1n) is 5.31. The van der Waals surface area contributed by atoms with Gasteiger partial charge >= 0.3 is 5.97 Å². The van der Waals surface area contributed by atoms with Crippen LogP contribution in [0.4, 0.5) is 0 Å². The van der Waals surface area contributed by atoms with Crippen LogP contribution in [-0.2, 0) is 11.2 Å². The Morgan fingerprint density at radius 3 is 2.50 bits per heavy atom. The van der Waals surface area contributed by atoms with Crippen molar-refractivity contribution in [2.75, 3.05) is 0 Å². The minimum Gasteiger partial charge on any atom is -0.480 e. The highest BCUT2D eigenvalue weighted by molar-refractivity contribution is 5.73. The molecule has 0 saturated heterocycles. The fraction of sp³-hybridized carbons (Fsp3) is 0.417. The van der Waals surface area contributed by atoms with Crippen molar-refractivity contribution in [3.63, 3.8) is 0 Å². The maximum absolute atomic E-state index is 10.5. The second kappa shape index (κ2) is 6.25. The first-order valence-corrected chi connectivity index (χ1v) is 5.31. The minimum absolute atomic E-state index is 0.405. The Balaban J connectivity index is 2.28. The molecule has 0 aliphatic rings. The normalized spacial score (nSPS) is 14.4. The molecule has 1 rings (SSSR count). The van der Waals surface area contributed by atoms with Crippen LogP contribution in [0, 0.1) is 0 Å². The Kier molecular flexibility index (Phi) is 4.95. The van der Waals surface area contributed by atoms with Crippen molar-refractivity contribution >= 4 is 5.97 Å². The maximum atomic E-state index is 10.5. The van der Waals surface area contributed by atoms with E-state index in [2.05, 4.69) is 0 Å². The Hall–Kier alpha value is -1.39. The number of aliphatic hydroxyl groups excluding tert-OH is 1. The fourth-order valence-electron chi connectivity index (χ4n) is 1.50. The predicted octanol–water partition coefficient (Wildman–Crippen LogP) is 0.782. The molecule has 0 heterocycles. The Morgan fingerprint density at radius 2 is 1.94 bits per heavy atom. The predicted molar refractivity (Wildman–Crippen MR) is 61.0 cm³/mol. The summed E-state index contributed by atoms with van der Waals surface area (Å²) in [5, 5.41) is 18.0. The molecule has 0 bridgehead atoms. The molecule has 0 spiro atoms. The van der Waals surface area contributed by atoms with Crippen LogP contribution in [0.25, 0.3) is 0 Å². The third-order valence-corrected chi connectivity index (χ3v) is 2.51. The smallest absolute Gasteiger partial charge is 0.323 e. The van der Waals surface area contributed by atoms with Crippen LogP contribution in [0.2, 0.25) is 0 Å². The van der Waals surface area contributed by atoms with E-state index >= 15 is 0 Å². The average molecular weight is 223 g/mol. The quantitative estimate of drug-likeness (QED) is 0.665. The summed E-state index contributed by atoms with van der Waals surface area (Å²) in [5.74, 6) is -1.16. The van der Waals surface area contributed by atoms with Crippen molar-refractivity contribution in [2.45, 2.75) is 31.4 Å². The number of carboxylic acid groups (broad SMARTS) is 1. The lowest BCUT2D eigenvalue weighted by molar-refractivity contribution is -0.141. The molecular formula is C12H17NO3. The monoisotopic (exact) mass is 223 g/mol. The van der Waals surface area contributed by atoms with E-state index in [0.717, 1.165) is 12.8 Å². The van der Waals surface area contributed by atoms with Gasteiger partial charge in [-0.3, -0.25) is 4.79 Å². The topological polar surface area (TPSA) is 83.6 Å². The Morgan fingerprint density at radius 1 is 1.31 bits per heavy atom. The number of hydrogen-bond donors (Lipinski definition) is 3. The van der Waals surface area contributed by atoms with Gasteiger partial charge in [-0.05, 0) is 24.8 Å². The lowest BCUT2D eigenvalue weighted by Crippen LogP contribution is -2.41. The second-order valence-corrected chi connectivity index (χ2v) is 3.81. The molecule has 4 nitrogen and oxygen atoms in total. The zero-order chi connectivity index (χ0) is 12.0. The van der Waals surface area contributed by atoms with E-state index in [4.69, 9.17) is 10.8 Å². The molecule has 0 aliphatic carbocycles. The van der Waals surface area contributed by atoms with Gasteiger partial charge in [0.15, 0.2) is 0 Å². The molecule has 0 aromatic heterocycles. The highest BCUT2D eigenvalue weighted by Crippen LogP contribution is 2.08. The number of carbonyl (C=O) groups is 1. The first-order chi connectivity index (χ1) is 7.61. The van der Waals surface area contributed by atoms with Gasteiger partial charge in [0.05, 0.1) is 6.10 Å². The summed E-state index contributed by atoms with van der Waals surface area (Å²) in [7, 11) is 0. The van der Waals surface area contributed by atoms with Crippen LogP contribution < -0.4 is 5.73 Å². The van der Waals surface area contributed by atoms with Gasteiger partial charge in [-0.2, -0.15) is 0 Å². The van der Waals surface area contributed by atoms with Crippen molar-refractivity contribution in [2.24, 2.45) is 5.73 Å². The molecular weight excluding hydrogens is 206 g/mol. The van der Waals surface area contributed by atoms with E-state index in [9.17, 15) is 9.90 Å². The fourth-order valence-corrected chi connectivity index (χ4v) is 1.50. The molecule has 4 N–H and O–H groups in total. The standard InChI is InChI=1S/C12H17NO3/c13-11(12(15)16)10(14)8-4-7-9-5-2-1-3-6-9/h1-3,5-6,10-11,14H,4,7-8,13H2,(H,15,16). The number of hydrogen-bond acceptors (Lipinski definition) is 3. The van der Waals surface area contributed by atoms with Gasteiger partial charge in [0.25, 0.3) is 0 Å². The van der Waals surface area contributed by atoms with Crippen LogP contribution >= 0.6 is 0 Å². The van der Waals surface area contributed by atoms with Crippen LogP contribution in [-0.4, -0.2) is 28.3 Å². The zero-order valence-electron chi connectivity index (χ0n) is 9.04. The Bertz CT molecular complexity index is 326. The highest BCUT2D eigenvalue weighted by atomic mass is 16.4. The molecule has 4 heteroatoms. The lowest BCUT2D eigenvalue weighted by Gasteiger charge is -2.14. The van der Waals surface area contributed by atoms with Crippen molar-refractivity contribution in [3.05, 3.63) is 35.9 Å². The van der Waals surface area contributed by atoms with Gasteiger partial charge in [0.2, 0.25) is 0 Å². The van der Waals surface area contributed by atoms with Gasteiger partial charge in [-0.15, -0.1) is 0 Å².